The third-order valence-electron chi connectivity index (χ3n) is 0.604. The molecule has 17 heavy (non-hydrogen) atoms. The molecule has 0 aromatic heterocycles. The highest BCUT2D eigenvalue weighted by Crippen LogP contribution is 1.88. The Hall–Kier alpha value is -0.300. The van der Waals surface area contributed by atoms with Gasteiger partial charge in [0.1, 0.15) is 0 Å². The van der Waals surface area contributed by atoms with E-state index in [2.05, 4.69) is 40.0 Å². The SMILES string of the molecule is C=C(C)CC.CC.CC.CC.CC(C)C.CN. The molecule has 0 fully saturated rings. The monoisotopic (exact) mass is 249 g/mol. The lowest BCUT2D eigenvalue weighted by Crippen LogP contribution is -1.69. The van der Waals surface area contributed by atoms with Gasteiger partial charge in [0.2, 0.25) is 0 Å². The molecule has 0 bridgehead atoms. The molecular weight excluding hydrogens is 206 g/mol. The number of rotatable bonds is 1. The second-order valence-electron chi connectivity index (χ2n) is 3.04. The summed E-state index contributed by atoms with van der Waals surface area (Å²) < 4.78 is 0. The van der Waals surface area contributed by atoms with Crippen LogP contribution in [0.4, 0.5) is 0 Å². The van der Waals surface area contributed by atoms with E-state index in [4.69, 9.17) is 0 Å². The molecule has 1 heteroatoms. The molecule has 0 atom stereocenters. The molecule has 112 valence electrons. The van der Waals surface area contributed by atoms with Crippen molar-refractivity contribution in [3.05, 3.63) is 12.2 Å². The Balaban J connectivity index is -0.0000000228. The van der Waals surface area contributed by atoms with Gasteiger partial charge in [-0.2, -0.15) is 0 Å². The fourth-order valence-electron chi connectivity index (χ4n) is 0. The summed E-state index contributed by atoms with van der Waals surface area (Å²) in [5.41, 5.74) is 5.75. The first-order valence-corrected chi connectivity index (χ1v) is 7.22. The van der Waals surface area contributed by atoms with Crippen LogP contribution >= 0.6 is 0 Å². The van der Waals surface area contributed by atoms with E-state index in [1.165, 1.54) is 12.6 Å². The van der Waals surface area contributed by atoms with Crippen LogP contribution in [0.2, 0.25) is 0 Å². The summed E-state index contributed by atoms with van der Waals surface area (Å²) in [5.74, 6) is 0.833. The van der Waals surface area contributed by atoms with E-state index in [0.717, 1.165) is 12.3 Å². The number of hydrogen-bond donors (Lipinski definition) is 1. The quantitative estimate of drug-likeness (QED) is 0.543. The molecule has 0 heterocycles. The summed E-state index contributed by atoms with van der Waals surface area (Å²) in [6.07, 6.45) is 1.11. The van der Waals surface area contributed by atoms with Gasteiger partial charge in [-0.3, -0.25) is 0 Å². The highest BCUT2D eigenvalue weighted by Gasteiger charge is 1.68. The lowest BCUT2D eigenvalue weighted by atomic mass is 10.3. The molecule has 0 aromatic rings. The van der Waals surface area contributed by atoms with Crippen molar-refractivity contribution < 1.29 is 0 Å². The third kappa shape index (κ3) is 1020. The minimum Gasteiger partial charge on any atom is -0.333 e. The Morgan fingerprint density at radius 3 is 0.941 bits per heavy atom. The van der Waals surface area contributed by atoms with Crippen molar-refractivity contribution >= 4 is 0 Å². The first-order valence-electron chi connectivity index (χ1n) is 7.22. The first-order chi connectivity index (χ1) is 8.00. The van der Waals surface area contributed by atoms with Crippen molar-refractivity contribution in [3.8, 4) is 0 Å². The standard InChI is InChI=1S/C5H10.C4H10.3C2H6.CH5N/c1-4-5(2)3;1-4(2)3;4*1-2/h2,4H2,1,3H3;4H,1-3H3;3*1-2H3;2H2,1H3. The zero-order chi connectivity index (χ0) is 15.9. The van der Waals surface area contributed by atoms with Gasteiger partial charge in [0, 0.05) is 0 Å². The van der Waals surface area contributed by atoms with E-state index in [9.17, 15) is 0 Å². The minimum atomic E-state index is 0.833. The Morgan fingerprint density at radius 1 is 0.882 bits per heavy atom. The molecule has 0 radical (unpaired) electrons. The maximum absolute atomic E-state index is 4.50. The van der Waals surface area contributed by atoms with E-state index < -0.39 is 0 Å². The molecule has 0 saturated carbocycles. The zero-order valence-electron chi connectivity index (χ0n) is 15.1. The van der Waals surface area contributed by atoms with Crippen molar-refractivity contribution in [2.24, 2.45) is 11.7 Å². The molecule has 0 spiro atoms. The molecule has 0 amide bonds. The second kappa shape index (κ2) is 75.6. The van der Waals surface area contributed by atoms with Gasteiger partial charge in [-0.25, -0.2) is 0 Å². The van der Waals surface area contributed by atoms with Crippen LogP contribution in [-0.4, -0.2) is 7.05 Å². The van der Waals surface area contributed by atoms with Crippen LogP contribution in [0, 0.1) is 5.92 Å². The molecule has 0 unspecified atom stereocenters. The summed E-state index contributed by atoms with van der Waals surface area (Å²) in [5, 5.41) is 0. The van der Waals surface area contributed by atoms with E-state index in [0.29, 0.717) is 0 Å². The molecule has 0 aliphatic carbocycles. The summed E-state index contributed by atoms with van der Waals surface area (Å²) in [6.45, 7) is 26.3. The molecular formula is C16H43N. The summed E-state index contributed by atoms with van der Waals surface area (Å²) in [7, 11) is 1.50. The van der Waals surface area contributed by atoms with E-state index in [1.54, 1.807) is 0 Å². The van der Waals surface area contributed by atoms with Crippen molar-refractivity contribution in [2.75, 3.05) is 7.05 Å². The lowest BCUT2D eigenvalue weighted by molar-refractivity contribution is 0.737. The fourth-order valence-corrected chi connectivity index (χ4v) is 0. The van der Waals surface area contributed by atoms with Crippen LogP contribution in [0.1, 0.15) is 82.6 Å². The van der Waals surface area contributed by atoms with Gasteiger partial charge in [-0.15, -0.1) is 6.58 Å². The predicted molar refractivity (Wildman–Crippen MR) is 89.8 cm³/mol. The second-order valence-corrected chi connectivity index (χ2v) is 3.04. The Kier molecular flexibility index (Phi) is 160. The molecule has 0 saturated heterocycles. The summed E-state index contributed by atoms with van der Waals surface area (Å²) >= 11 is 0. The van der Waals surface area contributed by atoms with Crippen molar-refractivity contribution in [1.82, 2.24) is 0 Å². The predicted octanol–water partition coefficient (Wildman–Crippen LogP) is 6.29. The van der Waals surface area contributed by atoms with Gasteiger partial charge in [-0.05, 0) is 26.3 Å². The fraction of sp³-hybridized carbons (Fsp3) is 0.875. The number of hydrogen-bond acceptors (Lipinski definition) is 1. The average molecular weight is 250 g/mol. The van der Waals surface area contributed by atoms with E-state index >= 15 is 0 Å². The van der Waals surface area contributed by atoms with Gasteiger partial charge in [0.15, 0.2) is 0 Å². The Labute approximate surface area is 114 Å². The third-order valence-corrected chi connectivity index (χ3v) is 0.604. The maximum Gasteiger partial charge on any atom is -0.0195 e. The number of nitrogens with two attached hydrogens (primary N) is 1. The molecule has 2 N–H and O–H groups in total. The van der Waals surface area contributed by atoms with Crippen LogP contribution in [-0.2, 0) is 0 Å². The van der Waals surface area contributed by atoms with Gasteiger partial charge < -0.3 is 5.73 Å². The summed E-state index contributed by atoms with van der Waals surface area (Å²) in [6, 6.07) is 0. The first kappa shape index (κ1) is 36.0. The van der Waals surface area contributed by atoms with Crippen LogP contribution in [0.15, 0.2) is 12.2 Å². The topological polar surface area (TPSA) is 26.0 Å². The molecule has 0 rings (SSSR count). The van der Waals surface area contributed by atoms with Gasteiger partial charge >= 0.3 is 0 Å². The van der Waals surface area contributed by atoms with Crippen molar-refractivity contribution in [1.29, 1.82) is 0 Å². The Bertz CT molecular complexity index is 63.2. The van der Waals surface area contributed by atoms with Gasteiger partial charge in [0.05, 0.1) is 0 Å². The van der Waals surface area contributed by atoms with Crippen LogP contribution in [0.25, 0.3) is 0 Å². The summed E-state index contributed by atoms with van der Waals surface area (Å²) in [4.78, 5) is 0. The van der Waals surface area contributed by atoms with E-state index in [-0.39, 0.29) is 0 Å². The van der Waals surface area contributed by atoms with Crippen LogP contribution in [0.3, 0.4) is 0 Å². The van der Waals surface area contributed by atoms with Crippen LogP contribution < -0.4 is 5.73 Å². The van der Waals surface area contributed by atoms with Gasteiger partial charge in [-0.1, -0.05) is 74.8 Å². The number of allylic oxidation sites excluding steroid dienone is 1. The smallest absolute Gasteiger partial charge is 0.0195 e. The van der Waals surface area contributed by atoms with E-state index in [1.807, 2.05) is 48.5 Å². The van der Waals surface area contributed by atoms with Gasteiger partial charge in [0.25, 0.3) is 0 Å². The highest BCUT2D eigenvalue weighted by atomic mass is 14.4. The highest BCUT2D eigenvalue weighted by molar-refractivity contribution is 4.84. The molecule has 0 aliphatic rings. The normalized spacial score (nSPS) is 5.76. The Morgan fingerprint density at radius 2 is 0.941 bits per heavy atom. The van der Waals surface area contributed by atoms with Crippen molar-refractivity contribution in [3.63, 3.8) is 0 Å². The average Bonchev–Trinajstić information content (AvgIpc) is 2.38. The van der Waals surface area contributed by atoms with Crippen molar-refractivity contribution in [2.45, 2.75) is 82.6 Å². The molecule has 0 aromatic carbocycles. The minimum absolute atomic E-state index is 0.833. The van der Waals surface area contributed by atoms with Crippen LogP contribution in [0.5, 0.6) is 0 Å². The molecule has 0 aliphatic heterocycles. The largest absolute Gasteiger partial charge is 0.333 e. The molecule has 1 nitrogen and oxygen atoms in total. The zero-order valence-corrected chi connectivity index (χ0v) is 15.1. The lowest BCUT2D eigenvalue weighted by Gasteiger charge is -1.79. The maximum atomic E-state index is 4.50.